The number of ketones is 1. The summed E-state index contributed by atoms with van der Waals surface area (Å²) in [6.07, 6.45) is 1.94. The molecule has 0 saturated heterocycles. The fourth-order valence-corrected chi connectivity index (χ4v) is 5.25. The number of allylic oxidation sites excluding steroid dienone is 3. The van der Waals surface area contributed by atoms with Crippen molar-refractivity contribution in [1.29, 1.82) is 0 Å². The van der Waals surface area contributed by atoms with Gasteiger partial charge < -0.3 is 10.1 Å². The molecule has 0 radical (unpaired) electrons. The second-order valence-electron chi connectivity index (χ2n) is 7.72. The van der Waals surface area contributed by atoms with Crippen molar-refractivity contribution in [2.75, 3.05) is 6.61 Å². The van der Waals surface area contributed by atoms with E-state index in [1.165, 1.54) is 4.88 Å². The first-order chi connectivity index (χ1) is 14.5. The van der Waals surface area contributed by atoms with E-state index in [0.29, 0.717) is 29.2 Å². The van der Waals surface area contributed by atoms with Crippen LogP contribution < -0.4 is 5.32 Å². The SMILES string of the molecule is CCCOC(=O)C1=C(C)NC2=C(C(=O)C[C@H](c3cccs3)C2)[C@@H]1c1ccc(Cl)cc1. The van der Waals surface area contributed by atoms with Crippen molar-refractivity contribution in [2.45, 2.75) is 44.9 Å². The van der Waals surface area contributed by atoms with Gasteiger partial charge >= 0.3 is 5.97 Å². The molecule has 1 N–H and O–H groups in total. The van der Waals surface area contributed by atoms with Crippen LogP contribution in [0.15, 0.2) is 64.3 Å². The van der Waals surface area contributed by atoms with Crippen molar-refractivity contribution < 1.29 is 14.3 Å². The Kier molecular flexibility index (Phi) is 6.11. The molecular formula is C24H24ClNO3S. The van der Waals surface area contributed by atoms with E-state index < -0.39 is 5.92 Å². The highest BCUT2D eigenvalue weighted by molar-refractivity contribution is 7.10. The average Bonchev–Trinajstić information content (AvgIpc) is 3.26. The molecular weight excluding hydrogens is 418 g/mol. The number of nitrogens with one attached hydrogen (secondary N) is 1. The highest BCUT2D eigenvalue weighted by Gasteiger charge is 2.41. The van der Waals surface area contributed by atoms with Crippen LogP contribution in [-0.2, 0) is 14.3 Å². The van der Waals surface area contributed by atoms with Gasteiger partial charge in [-0.25, -0.2) is 4.79 Å². The van der Waals surface area contributed by atoms with Crippen molar-refractivity contribution in [3.05, 3.63) is 79.8 Å². The van der Waals surface area contributed by atoms with Gasteiger partial charge in [-0.15, -0.1) is 11.3 Å². The molecule has 0 spiro atoms. The average molecular weight is 442 g/mol. The standard InChI is InChI=1S/C24H24ClNO3S/c1-3-10-29-24(28)21-14(2)26-18-12-16(20-5-4-11-30-20)13-19(27)23(18)22(21)15-6-8-17(25)9-7-15/h4-9,11,16,22,26H,3,10,12-13H2,1-2H3/t16-,22-/m1/s1. The molecule has 1 aromatic heterocycles. The van der Waals surface area contributed by atoms with Crippen LogP contribution in [0.2, 0.25) is 5.02 Å². The number of Topliss-reactive ketones (excluding diaryl/α,β-unsaturated/α-hetero) is 1. The third-order valence-corrected chi connectivity index (χ3v) is 6.92. The van der Waals surface area contributed by atoms with Crippen LogP contribution >= 0.6 is 22.9 Å². The molecule has 2 aliphatic rings. The largest absolute Gasteiger partial charge is 0.462 e. The molecule has 4 rings (SSSR count). The maximum Gasteiger partial charge on any atom is 0.336 e. The maximum atomic E-state index is 13.4. The van der Waals surface area contributed by atoms with Gasteiger partial charge in [0.2, 0.25) is 0 Å². The minimum absolute atomic E-state index is 0.0791. The van der Waals surface area contributed by atoms with Crippen molar-refractivity contribution in [1.82, 2.24) is 5.32 Å². The van der Waals surface area contributed by atoms with E-state index >= 15 is 0 Å². The summed E-state index contributed by atoms with van der Waals surface area (Å²) < 4.78 is 5.48. The fraction of sp³-hybridized carbons (Fsp3) is 0.333. The Morgan fingerprint density at radius 3 is 2.67 bits per heavy atom. The number of dihydropyridines is 1. The van der Waals surface area contributed by atoms with Crippen LogP contribution in [-0.4, -0.2) is 18.4 Å². The number of halogens is 1. The lowest BCUT2D eigenvalue weighted by molar-refractivity contribution is -0.139. The first kappa shape index (κ1) is 20.9. The molecule has 0 saturated carbocycles. The van der Waals surface area contributed by atoms with E-state index in [1.807, 2.05) is 37.4 Å². The van der Waals surface area contributed by atoms with Gasteiger partial charge in [-0.2, -0.15) is 0 Å². The van der Waals surface area contributed by atoms with Crippen molar-refractivity contribution in [3.63, 3.8) is 0 Å². The number of hydrogen-bond donors (Lipinski definition) is 1. The maximum absolute atomic E-state index is 13.4. The molecule has 4 nitrogen and oxygen atoms in total. The number of esters is 1. The van der Waals surface area contributed by atoms with Crippen LogP contribution in [0.4, 0.5) is 0 Å². The molecule has 0 fully saturated rings. The number of hydrogen-bond acceptors (Lipinski definition) is 5. The van der Waals surface area contributed by atoms with Gasteiger partial charge in [-0.3, -0.25) is 4.79 Å². The third-order valence-electron chi connectivity index (χ3n) is 5.63. The number of rotatable bonds is 5. The predicted octanol–water partition coefficient (Wildman–Crippen LogP) is 5.72. The second-order valence-corrected chi connectivity index (χ2v) is 9.14. The Bertz CT molecular complexity index is 1020. The highest BCUT2D eigenvalue weighted by atomic mass is 35.5. The molecule has 0 bridgehead atoms. The lowest BCUT2D eigenvalue weighted by atomic mass is 9.72. The predicted molar refractivity (Wildman–Crippen MR) is 120 cm³/mol. The third kappa shape index (κ3) is 3.96. The topological polar surface area (TPSA) is 55.4 Å². The molecule has 6 heteroatoms. The van der Waals surface area contributed by atoms with Crippen LogP contribution in [0.5, 0.6) is 0 Å². The Hall–Kier alpha value is -2.37. The lowest BCUT2D eigenvalue weighted by Crippen LogP contribution is -2.36. The van der Waals surface area contributed by atoms with E-state index in [2.05, 4.69) is 11.4 Å². The Balaban J connectivity index is 1.78. The van der Waals surface area contributed by atoms with E-state index in [-0.39, 0.29) is 17.7 Å². The van der Waals surface area contributed by atoms with E-state index in [9.17, 15) is 9.59 Å². The highest BCUT2D eigenvalue weighted by Crippen LogP contribution is 2.46. The van der Waals surface area contributed by atoms with E-state index in [4.69, 9.17) is 16.3 Å². The van der Waals surface area contributed by atoms with Crippen LogP contribution in [0.1, 0.15) is 55.4 Å². The van der Waals surface area contributed by atoms with Gasteiger partial charge in [0.05, 0.1) is 12.2 Å². The van der Waals surface area contributed by atoms with Gasteiger partial charge in [-0.1, -0.05) is 36.7 Å². The van der Waals surface area contributed by atoms with Crippen LogP contribution in [0.3, 0.4) is 0 Å². The Morgan fingerprint density at radius 1 is 1.23 bits per heavy atom. The smallest absolute Gasteiger partial charge is 0.336 e. The Morgan fingerprint density at radius 2 is 2.00 bits per heavy atom. The molecule has 0 unspecified atom stereocenters. The summed E-state index contributed by atoms with van der Waals surface area (Å²) in [6.45, 7) is 4.19. The first-order valence-electron chi connectivity index (χ1n) is 10.2. The number of carbonyl (C=O) groups is 2. The number of thiophene rings is 1. The quantitative estimate of drug-likeness (QED) is 0.603. The van der Waals surface area contributed by atoms with Crippen LogP contribution in [0.25, 0.3) is 0 Å². The Labute approximate surface area is 185 Å². The summed E-state index contributed by atoms with van der Waals surface area (Å²) in [5, 5.41) is 6.03. The summed E-state index contributed by atoms with van der Waals surface area (Å²) in [7, 11) is 0. The van der Waals surface area contributed by atoms with Crippen molar-refractivity contribution >= 4 is 34.7 Å². The molecule has 156 valence electrons. The lowest BCUT2D eigenvalue weighted by Gasteiger charge is -2.36. The van der Waals surface area contributed by atoms with Gasteiger partial charge in [0.15, 0.2) is 5.78 Å². The van der Waals surface area contributed by atoms with Gasteiger partial charge in [0, 0.05) is 45.1 Å². The van der Waals surface area contributed by atoms with Gasteiger partial charge in [0.1, 0.15) is 0 Å². The second kappa shape index (κ2) is 8.78. The normalized spacial score (nSPS) is 21.4. The monoisotopic (exact) mass is 441 g/mol. The first-order valence-corrected chi connectivity index (χ1v) is 11.4. The zero-order chi connectivity index (χ0) is 21.3. The van der Waals surface area contributed by atoms with Gasteiger partial charge in [-0.05, 0) is 48.9 Å². The van der Waals surface area contributed by atoms with E-state index in [0.717, 1.165) is 29.8 Å². The molecule has 2 atom stereocenters. The summed E-state index contributed by atoms with van der Waals surface area (Å²) in [4.78, 5) is 27.6. The number of ether oxygens (including phenoxy) is 1. The minimum Gasteiger partial charge on any atom is -0.462 e. The van der Waals surface area contributed by atoms with E-state index in [1.54, 1.807) is 23.5 Å². The number of benzene rings is 1. The molecule has 1 aliphatic carbocycles. The minimum atomic E-state index is -0.445. The molecule has 1 aliphatic heterocycles. The molecule has 2 heterocycles. The van der Waals surface area contributed by atoms with Crippen molar-refractivity contribution in [2.24, 2.45) is 0 Å². The van der Waals surface area contributed by atoms with Crippen molar-refractivity contribution in [3.8, 4) is 0 Å². The zero-order valence-electron chi connectivity index (χ0n) is 17.0. The molecule has 0 amide bonds. The zero-order valence-corrected chi connectivity index (χ0v) is 18.6. The molecule has 2 aromatic rings. The van der Waals surface area contributed by atoms with Crippen LogP contribution in [0, 0.1) is 0 Å². The summed E-state index contributed by atoms with van der Waals surface area (Å²) in [5.41, 5.74) is 3.72. The fourth-order valence-electron chi connectivity index (χ4n) is 4.30. The molecule has 1 aromatic carbocycles. The summed E-state index contributed by atoms with van der Waals surface area (Å²) >= 11 is 7.78. The summed E-state index contributed by atoms with van der Waals surface area (Å²) in [6, 6.07) is 11.5. The molecule has 30 heavy (non-hydrogen) atoms. The van der Waals surface area contributed by atoms with Gasteiger partial charge in [0.25, 0.3) is 0 Å². The summed E-state index contributed by atoms with van der Waals surface area (Å²) in [5.74, 6) is -0.576. The number of carbonyl (C=O) groups excluding carboxylic acids is 2.